The molecule has 0 saturated carbocycles. The van der Waals surface area contributed by atoms with Crippen molar-refractivity contribution in [1.82, 2.24) is 4.98 Å². The molecular formula is C28H22BrNO4. The van der Waals surface area contributed by atoms with Crippen molar-refractivity contribution in [1.29, 1.82) is 0 Å². The Kier molecular flexibility index (Phi) is 7.40. The maximum atomic E-state index is 12.6. The van der Waals surface area contributed by atoms with Crippen LogP contribution in [0.5, 0.6) is 23.1 Å². The van der Waals surface area contributed by atoms with Gasteiger partial charge >= 0.3 is 0 Å². The van der Waals surface area contributed by atoms with Crippen LogP contribution in [0.15, 0.2) is 89.4 Å². The minimum absolute atomic E-state index is 0.187. The Morgan fingerprint density at radius 3 is 2.26 bits per heavy atom. The molecule has 0 saturated heterocycles. The van der Waals surface area contributed by atoms with Crippen molar-refractivity contribution in [3.8, 4) is 23.1 Å². The minimum Gasteiger partial charge on any atom is -0.497 e. The van der Waals surface area contributed by atoms with Crippen molar-refractivity contribution >= 4 is 44.8 Å². The van der Waals surface area contributed by atoms with Crippen LogP contribution < -0.4 is 14.2 Å². The van der Waals surface area contributed by atoms with E-state index in [1.807, 2.05) is 60.7 Å². The fourth-order valence-corrected chi connectivity index (χ4v) is 3.56. The van der Waals surface area contributed by atoms with E-state index < -0.39 is 0 Å². The second-order valence-electron chi connectivity index (χ2n) is 7.31. The van der Waals surface area contributed by atoms with Gasteiger partial charge in [0.25, 0.3) is 0 Å². The molecule has 34 heavy (non-hydrogen) atoms. The van der Waals surface area contributed by atoms with Crippen LogP contribution in [-0.2, 0) is 4.79 Å². The Morgan fingerprint density at radius 2 is 1.53 bits per heavy atom. The molecule has 0 atom stereocenters. The van der Waals surface area contributed by atoms with Crippen LogP contribution in [0.2, 0.25) is 0 Å². The van der Waals surface area contributed by atoms with Crippen molar-refractivity contribution < 1.29 is 19.0 Å². The molecule has 0 fully saturated rings. The van der Waals surface area contributed by atoms with Gasteiger partial charge in [0.1, 0.15) is 17.2 Å². The highest BCUT2D eigenvalue weighted by atomic mass is 79.9. The number of hydrogen-bond donors (Lipinski definition) is 0. The fourth-order valence-electron chi connectivity index (χ4n) is 3.30. The number of carbonyl (C=O) groups excluding carboxylic acids is 1. The van der Waals surface area contributed by atoms with Crippen molar-refractivity contribution in [2.45, 2.75) is 0 Å². The monoisotopic (exact) mass is 515 g/mol. The number of rotatable bonds is 8. The number of aromatic nitrogens is 1. The van der Waals surface area contributed by atoms with E-state index in [0.29, 0.717) is 28.7 Å². The minimum atomic E-state index is -0.187. The molecule has 1 heterocycles. The highest BCUT2D eigenvalue weighted by molar-refractivity contribution is 9.10. The highest BCUT2D eigenvalue weighted by Crippen LogP contribution is 2.29. The number of ether oxygens (including phenoxy) is 3. The molecule has 0 aliphatic heterocycles. The average molecular weight is 516 g/mol. The fraction of sp³-hybridized carbons (Fsp3) is 0.0714. The second-order valence-corrected chi connectivity index (χ2v) is 8.22. The molecule has 6 heteroatoms. The van der Waals surface area contributed by atoms with E-state index in [4.69, 9.17) is 14.2 Å². The van der Waals surface area contributed by atoms with Crippen molar-refractivity contribution in [3.05, 3.63) is 101 Å². The molecule has 0 amide bonds. The Balaban J connectivity index is 1.61. The SMILES string of the molecule is COc1ccc(OC)c(/C=C/C(=O)/C=C/c2cc3ccccc3nc2Oc2ccc(Br)cc2)c1. The van der Waals surface area contributed by atoms with Gasteiger partial charge in [-0.15, -0.1) is 0 Å². The molecule has 4 rings (SSSR count). The molecule has 3 aromatic carbocycles. The first-order valence-electron chi connectivity index (χ1n) is 10.5. The summed E-state index contributed by atoms with van der Waals surface area (Å²) in [5.74, 6) is 2.21. The topological polar surface area (TPSA) is 57.7 Å². The van der Waals surface area contributed by atoms with E-state index in [9.17, 15) is 4.79 Å². The number of pyridine rings is 1. The summed E-state index contributed by atoms with van der Waals surface area (Å²) in [5.41, 5.74) is 2.25. The summed E-state index contributed by atoms with van der Waals surface area (Å²) in [5, 5.41) is 0.953. The molecule has 5 nitrogen and oxygen atoms in total. The number of carbonyl (C=O) groups is 1. The molecule has 0 bridgehead atoms. The molecule has 170 valence electrons. The summed E-state index contributed by atoms with van der Waals surface area (Å²) in [6, 6.07) is 22.6. The number of benzene rings is 3. The van der Waals surface area contributed by atoms with Gasteiger partial charge in [-0.2, -0.15) is 0 Å². The van der Waals surface area contributed by atoms with Gasteiger partial charge in [-0.25, -0.2) is 4.98 Å². The van der Waals surface area contributed by atoms with Crippen LogP contribution in [0.3, 0.4) is 0 Å². The van der Waals surface area contributed by atoms with Crippen LogP contribution in [0.1, 0.15) is 11.1 Å². The van der Waals surface area contributed by atoms with Crippen LogP contribution in [0, 0.1) is 0 Å². The van der Waals surface area contributed by atoms with Gasteiger partial charge in [0, 0.05) is 21.0 Å². The lowest BCUT2D eigenvalue weighted by atomic mass is 10.1. The molecule has 0 N–H and O–H groups in total. The van der Waals surface area contributed by atoms with Crippen molar-refractivity contribution in [2.75, 3.05) is 14.2 Å². The maximum Gasteiger partial charge on any atom is 0.227 e. The Hall–Kier alpha value is -3.90. The lowest BCUT2D eigenvalue weighted by molar-refractivity contribution is -0.110. The summed E-state index contributed by atoms with van der Waals surface area (Å²) in [6.07, 6.45) is 6.38. The molecule has 0 unspecified atom stereocenters. The van der Waals surface area contributed by atoms with Crippen LogP contribution in [0.25, 0.3) is 23.1 Å². The van der Waals surface area contributed by atoms with E-state index in [1.165, 1.54) is 12.2 Å². The van der Waals surface area contributed by atoms with Gasteiger partial charge in [-0.05, 0) is 78.9 Å². The zero-order valence-electron chi connectivity index (χ0n) is 18.7. The van der Waals surface area contributed by atoms with Crippen molar-refractivity contribution in [2.24, 2.45) is 0 Å². The molecule has 0 radical (unpaired) electrons. The average Bonchev–Trinajstić information content (AvgIpc) is 2.87. The predicted molar refractivity (Wildman–Crippen MR) is 139 cm³/mol. The second kappa shape index (κ2) is 10.8. The maximum absolute atomic E-state index is 12.6. The van der Waals surface area contributed by atoms with E-state index in [1.54, 1.807) is 38.5 Å². The first kappa shape index (κ1) is 23.3. The number of fused-ring (bicyclic) bond motifs is 1. The summed E-state index contributed by atoms with van der Waals surface area (Å²) in [6.45, 7) is 0. The summed E-state index contributed by atoms with van der Waals surface area (Å²) in [7, 11) is 3.18. The highest BCUT2D eigenvalue weighted by Gasteiger charge is 2.08. The summed E-state index contributed by atoms with van der Waals surface area (Å²) >= 11 is 3.43. The smallest absolute Gasteiger partial charge is 0.227 e. The van der Waals surface area contributed by atoms with E-state index in [2.05, 4.69) is 20.9 Å². The number of para-hydroxylation sites is 1. The van der Waals surface area contributed by atoms with Crippen LogP contribution in [0.4, 0.5) is 0 Å². The van der Waals surface area contributed by atoms with E-state index >= 15 is 0 Å². The number of hydrogen-bond acceptors (Lipinski definition) is 5. The summed E-state index contributed by atoms with van der Waals surface area (Å²) < 4.78 is 17.6. The summed E-state index contributed by atoms with van der Waals surface area (Å²) in [4.78, 5) is 17.3. The molecular weight excluding hydrogens is 494 g/mol. The zero-order chi connectivity index (χ0) is 23.9. The number of allylic oxidation sites excluding steroid dienone is 2. The third-order valence-electron chi connectivity index (χ3n) is 5.04. The third kappa shape index (κ3) is 5.71. The largest absolute Gasteiger partial charge is 0.497 e. The quantitative estimate of drug-likeness (QED) is 0.234. The van der Waals surface area contributed by atoms with Crippen molar-refractivity contribution in [3.63, 3.8) is 0 Å². The van der Waals surface area contributed by atoms with Gasteiger partial charge in [0.05, 0.1) is 19.7 Å². The molecule has 0 aliphatic rings. The Bertz CT molecular complexity index is 1380. The molecule has 0 spiro atoms. The number of ketones is 1. The lowest BCUT2D eigenvalue weighted by Crippen LogP contribution is -1.94. The number of methoxy groups -OCH3 is 2. The lowest BCUT2D eigenvalue weighted by Gasteiger charge is -2.09. The van der Waals surface area contributed by atoms with E-state index in [-0.39, 0.29) is 5.78 Å². The number of halogens is 1. The standard InChI is InChI=1S/C28H22BrNO4/c1-32-25-15-16-27(33-2)20(18-25)7-11-23(31)12-8-21-17-19-5-3-4-6-26(19)30-28(21)34-24-13-9-22(29)10-14-24/h3-18H,1-2H3/b11-7+,12-8+. The first-order chi connectivity index (χ1) is 16.6. The first-order valence-corrected chi connectivity index (χ1v) is 11.3. The number of nitrogens with zero attached hydrogens (tertiary/aromatic N) is 1. The Labute approximate surface area is 206 Å². The van der Waals surface area contributed by atoms with Gasteiger partial charge in [-0.1, -0.05) is 34.1 Å². The van der Waals surface area contributed by atoms with Gasteiger partial charge < -0.3 is 14.2 Å². The molecule has 4 aromatic rings. The molecule has 1 aromatic heterocycles. The normalized spacial score (nSPS) is 11.3. The van der Waals surface area contributed by atoms with Crippen LogP contribution in [-0.4, -0.2) is 25.0 Å². The zero-order valence-corrected chi connectivity index (χ0v) is 20.3. The predicted octanol–water partition coefficient (Wildman–Crippen LogP) is 7.10. The van der Waals surface area contributed by atoms with Gasteiger partial charge in [0.2, 0.25) is 5.88 Å². The van der Waals surface area contributed by atoms with Crippen LogP contribution >= 0.6 is 15.9 Å². The van der Waals surface area contributed by atoms with Gasteiger partial charge in [-0.3, -0.25) is 4.79 Å². The Morgan fingerprint density at radius 1 is 0.824 bits per heavy atom. The van der Waals surface area contributed by atoms with Gasteiger partial charge in [0.15, 0.2) is 5.78 Å². The van der Waals surface area contributed by atoms with E-state index in [0.717, 1.165) is 20.9 Å². The molecule has 0 aliphatic carbocycles. The third-order valence-corrected chi connectivity index (χ3v) is 5.56.